The Morgan fingerprint density at radius 1 is 0.783 bits per heavy atom. The van der Waals surface area contributed by atoms with Crippen molar-refractivity contribution in [3.05, 3.63) is 82.9 Å². The van der Waals surface area contributed by atoms with Crippen LogP contribution in [0.25, 0.3) is 12.2 Å². The third-order valence-corrected chi connectivity index (χ3v) is 10.7. The minimum absolute atomic E-state index is 0. The molecule has 1 fully saturated rings. The zero-order chi connectivity index (χ0) is 14.6. The number of fused-ring (bicyclic) bond motifs is 2. The summed E-state index contributed by atoms with van der Waals surface area (Å²) < 4.78 is 2.11. The number of allylic oxidation sites excluding steroid dienone is 2. The fraction of sp³-hybridized carbons (Fsp3) is 0.238. The molecule has 1 saturated heterocycles. The van der Waals surface area contributed by atoms with Crippen LogP contribution in [-0.4, -0.2) is 0 Å². The van der Waals surface area contributed by atoms with Crippen LogP contribution >= 0.6 is 0 Å². The number of hydrogen-bond donors (Lipinski definition) is 0. The molecule has 0 aromatic heterocycles. The molecule has 0 saturated carbocycles. The van der Waals surface area contributed by atoms with Crippen LogP contribution in [0.2, 0.25) is 7.25 Å². The van der Waals surface area contributed by atoms with Crippen LogP contribution in [0.5, 0.6) is 0 Å². The van der Waals surface area contributed by atoms with Crippen molar-refractivity contribution in [3.8, 4) is 0 Å². The molecule has 2 unspecified atom stereocenters. The number of rotatable bonds is 2. The second kappa shape index (κ2) is 5.97. The van der Waals surface area contributed by atoms with E-state index < -0.39 is 0 Å². The topological polar surface area (TPSA) is 0 Å². The summed E-state index contributed by atoms with van der Waals surface area (Å²) in [5.74, 6) is 1.31. The van der Waals surface area contributed by atoms with Gasteiger partial charge in [-0.15, -0.1) is 0 Å². The molecular weight excluding hydrogens is 423 g/mol. The van der Waals surface area contributed by atoms with Gasteiger partial charge in [0.15, 0.2) is 0 Å². The Labute approximate surface area is 160 Å². The van der Waals surface area contributed by atoms with Gasteiger partial charge in [-0.2, -0.15) is 0 Å². The Morgan fingerprint density at radius 3 is 1.70 bits per heavy atom. The van der Waals surface area contributed by atoms with Gasteiger partial charge in [0.1, 0.15) is 0 Å². The Morgan fingerprint density at radius 2 is 1.26 bits per heavy atom. The summed E-state index contributed by atoms with van der Waals surface area (Å²) in [4.78, 5) is 0. The third-order valence-electron chi connectivity index (χ3n) is 5.70. The molecule has 1 aliphatic heterocycles. The third kappa shape index (κ3) is 2.25. The zero-order valence-corrected chi connectivity index (χ0v) is 16.9. The summed E-state index contributed by atoms with van der Waals surface area (Å²) in [7, 11) is 0. The van der Waals surface area contributed by atoms with E-state index in [9.17, 15) is 0 Å². The van der Waals surface area contributed by atoms with E-state index in [1.54, 1.807) is 15.3 Å². The van der Waals surface area contributed by atoms with E-state index in [4.69, 9.17) is 0 Å². The maximum Gasteiger partial charge on any atom is -1.00 e. The van der Waals surface area contributed by atoms with Crippen molar-refractivity contribution in [2.24, 2.45) is 0 Å². The molecule has 0 amide bonds. The summed E-state index contributed by atoms with van der Waals surface area (Å²) in [6.45, 7) is 0. The molecule has 2 aromatic carbocycles. The summed E-state index contributed by atoms with van der Waals surface area (Å²) >= 11 is -0.336. The maximum absolute atomic E-state index is 2.51. The van der Waals surface area contributed by atoms with E-state index in [1.807, 2.05) is 0 Å². The van der Waals surface area contributed by atoms with E-state index >= 15 is 0 Å². The van der Waals surface area contributed by atoms with E-state index in [1.165, 1.54) is 17.5 Å². The largest absolute Gasteiger partial charge is 1.00 e. The molecule has 1 heterocycles. The Kier molecular flexibility index (Phi) is 4.10. The molecule has 3 aliphatic rings. The predicted molar refractivity (Wildman–Crippen MR) is 88.6 cm³/mol. The van der Waals surface area contributed by atoms with Gasteiger partial charge in [0.2, 0.25) is 0 Å². The first-order valence-corrected chi connectivity index (χ1v) is 11.1. The van der Waals surface area contributed by atoms with Gasteiger partial charge in [-0.05, 0) is 0 Å². The van der Waals surface area contributed by atoms with Gasteiger partial charge in [0.05, 0.1) is 0 Å². The second-order valence-electron chi connectivity index (χ2n) is 6.65. The summed E-state index contributed by atoms with van der Waals surface area (Å²) in [6.07, 6.45) is 11.2. The van der Waals surface area contributed by atoms with Crippen LogP contribution in [0.3, 0.4) is 0 Å². The maximum atomic E-state index is 2.51. The first-order chi connectivity index (χ1) is 10.9. The van der Waals surface area contributed by atoms with E-state index in [0.29, 0.717) is 15.0 Å². The van der Waals surface area contributed by atoms with Crippen LogP contribution < -0.4 is 17.0 Å². The quantitative estimate of drug-likeness (QED) is 0.673. The SMILES string of the molecule is C1=CC([C]2(C3C=Cc4ccccc43)C[CH2][Zr+]2)c2ccccc21.[Br-]. The molecule has 0 radical (unpaired) electrons. The number of hydrogen-bond acceptors (Lipinski definition) is 0. The van der Waals surface area contributed by atoms with Gasteiger partial charge < -0.3 is 17.0 Å². The standard InChI is InChI=1S/C21H18.BrH.Zr/c1-2-17(20-13-11-15-7-3-5-9-18(15)20)21-14-12-16-8-4-6-10-19(16)21;;/h3-14,20-21H,1-2H2;1H;/q;;+1/p-1. The fourth-order valence-corrected chi connectivity index (χ4v) is 8.89. The Balaban J connectivity index is 0.00000135. The van der Waals surface area contributed by atoms with E-state index in [-0.39, 0.29) is 40.2 Å². The number of benzene rings is 2. The normalized spacial score (nSPS) is 28.9. The Bertz CT molecular complexity index is 737. The molecule has 2 aliphatic carbocycles. The van der Waals surface area contributed by atoms with Crippen LogP contribution in [0.4, 0.5) is 0 Å². The molecule has 2 atom stereocenters. The van der Waals surface area contributed by atoms with Gasteiger partial charge in [-0.3, -0.25) is 0 Å². The van der Waals surface area contributed by atoms with Crippen LogP contribution in [0, 0.1) is 0 Å². The van der Waals surface area contributed by atoms with Crippen molar-refractivity contribution in [3.63, 3.8) is 0 Å². The summed E-state index contributed by atoms with van der Waals surface area (Å²) in [5.41, 5.74) is 6.07. The van der Waals surface area contributed by atoms with Crippen molar-refractivity contribution < 1.29 is 40.2 Å². The number of halogens is 1. The monoisotopic (exact) mass is 439 g/mol. The first kappa shape index (κ1) is 15.8. The molecule has 5 rings (SSSR count). The minimum Gasteiger partial charge on any atom is -1.00 e. The molecule has 2 heteroatoms. The Hall–Kier alpha value is -0.717. The molecule has 0 nitrogen and oxygen atoms in total. The van der Waals surface area contributed by atoms with Gasteiger partial charge in [0.25, 0.3) is 0 Å². The van der Waals surface area contributed by atoms with Gasteiger partial charge >= 0.3 is 144 Å². The van der Waals surface area contributed by atoms with Gasteiger partial charge in [-0.1, -0.05) is 0 Å². The molecule has 0 spiro atoms. The predicted octanol–water partition coefficient (Wildman–Crippen LogP) is 2.67. The van der Waals surface area contributed by atoms with E-state index in [0.717, 1.165) is 0 Å². The van der Waals surface area contributed by atoms with Gasteiger partial charge in [0, 0.05) is 0 Å². The molecular formula is C21H18BrZr. The average Bonchev–Trinajstić information content (AvgIpc) is 3.13. The molecule has 2 aromatic rings. The molecule has 0 bridgehead atoms. The van der Waals surface area contributed by atoms with Gasteiger partial charge in [-0.25, -0.2) is 0 Å². The van der Waals surface area contributed by atoms with Crippen molar-refractivity contribution in [2.45, 2.75) is 25.5 Å². The molecule has 0 N–H and O–H groups in total. The van der Waals surface area contributed by atoms with Crippen molar-refractivity contribution >= 4 is 12.2 Å². The first-order valence-electron chi connectivity index (χ1n) is 8.18. The second-order valence-corrected chi connectivity index (χ2v) is 11.0. The molecule has 23 heavy (non-hydrogen) atoms. The van der Waals surface area contributed by atoms with Crippen LogP contribution in [0.1, 0.15) is 40.5 Å². The van der Waals surface area contributed by atoms with Crippen molar-refractivity contribution in [1.82, 2.24) is 0 Å². The smallest absolute Gasteiger partial charge is 1.00 e. The fourth-order valence-electron chi connectivity index (χ4n) is 4.54. The van der Waals surface area contributed by atoms with Crippen LogP contribution in [-0.2, 0) is 23.2 Å². The van der Waals surface area contributed by atoms with Crippen molar-refractivity contribution in [1.29, 1.82) is 0 Å². The summed E-state index contributed by atoms with van der Waals surface area (Å²) in [5, 5.41) is 0. The minimum atomic E-state index is -0.336. The molecule has 113 valence electrons. The van der Waals surface area contributed by atoms with Crippen molar-refractivity contribution in [2.75, 3.05) is 0 Å². The van der Waals surface area contributed by atoms with Crippen LogP contribution in [0.15, 0.2) is 60.7 Å². The zero-order valence-electron chi connectivity index (χ0n) is 12.9. The van der Waals surface area contributed by atoms with E-state index in [2.05, 4.69) is 72.8 Å². The average molecular weight is 442 g/mol. The summed E-state index contributed by atoms with van der Waals surface area (Å²) in [6, 6.07) is 18.1.